The fourth-order valence-corrected chi connectivity index (χ4v) is 2.40. The molecule has 2 rings (SSSR count). The van der Waals surface area contributed by atoms with E-state index in [9.17, 15) is 4.79 Å². The lowest BCUT2D eigenvalue weighted by Crippen LogP contribution is -2.08. The molecule has 110 valence electrons. The predicted octanol–water partition coefficient (Wildman–Crippen LogP) is 5.15. The van der Waals surface area contributed by atoms with Crippen molar-refractivity contribution in [2.24, 2.45) is 0 Å². The van der Waals surface area contributed by atoms with E-state index in [4.69, 9.17) is 4.74 Å². The fourth-order valence-electron chi connectivity index (χ4n) is 2.40. The van der Waals surface area contributed by atoms with Gasteiger partial charge in [-0.2, -0.15) is 0 Å². The minimum absolute atomic E-state index is 0.132. The molecule has 0 aliphatic heterocycles. The van der Waals surface area contributed by atoms with Crippen molar-refractivity contribution in [2.45, 2.75) is 39.2 Å². The van der Waals surface area contributed by atoms with Crippen LogP contribution in [0.1, 0.15) is 44.8 Å². The third kappa shape index (κ3) is 4.45. The monoisotopic (exact) mass is 282 g/mol. The number of ether oxygens (including phenoxy) is 1. The number of hydrogen-bond acceptors (Lipinski definition) is 2. The molecule has 0 aliphatic carbocycles. The Morgan fingerprint density at radius 1 is 1.00 bits per heavy atom. The van der Waals surface area contributed by atoms with Gasteiger partial charge in [-0.1, -0.05) is 67.9 Å². The molecule has 2 nitrogen and oxygen atoms in total. The Hall–Kier alpha value is -2.09. The molecule has 0 heterocycles. The van der Waals surface area contributed by atoms with Gasteiger partial charge in [0.15, 0.2) is 0 Å². The van der Waals surface area contributed by atoms with E-state index in [1.165, 1.54) is 18.1 Å². The van der Waals surface area contributed by atoms with Crippen molar-refractivity contribution in [2.75, 3.05) is 0 Å². The smallest absolute Gasteiger partial charge is 0.303 e. The van der Waals surface area contributed by atoms with Crippen molar-refractivity contribution in [3.8, 4) is 11.1 Å². The third-order valence-electron chi connectivity index (χ3n) is 3.52. The first-order valence-corrected chi connectivity index (χ1v) is 7.53. The second-order valence-corrected chi connectivity index (χ2v) is 5.23. The van der Waals surface area contributed by atoms with Crippen LogP contribution in [0.4, 0.5) is 0 Å². The second kappa shape index (κ2) is 7.63. The van der Waals surface area contributed by atoms with E-state index in [1.54, 1.807) is 0 Å². The highest BCUT2D eigenvalue weighted by atomic mass is 16.5. The molecule has 0 saturated heterocycles. The molecule has 1 atom stereocenters. The van der Waals surface area contributed by atoms with E-state index in [0.29, 0.717) is 0 Å². The van der Waals surface area contributed by atoms with Crippen molar-refractivity contribution in [1.82, 2.24) is 0 Å². The quantitative estimate of drug-likeness (QED) is 0.685. The maximum Gasteiger partial charge on any atom is 0.303 e. The summed E-state index contributed by atoms with van der Waals surface area (Å²) in [5.41, 5.74) is 3.44. The normalized spacial score (nSPS) is 11.9. The number of carbonyl (C=O) groups excluding carboxylic acids is 1. The molecule has 21 heavy (non-hydrogen) atoms. The largest absolute Gasteiger partial charge is 0.458 e. The molecular formula is C19H22O2. The van der Waals surface area contributed by atoms with Crippen molar-refractivity contribution in [1.29, 1.82) is 0 Å². The zero-order valence-electron chi connectivity index (χ0n) is 12.7. The lowest BCUT2D eigenvalue weighted by atomic mass is 9.99. The average molecular weight is 282 g/mol. The maximum atomic E-state index is 11.3. The summed E-state index contributed by atoms with van der Waals surface area (Å²) in [4.78, 5) is 11.3. The first-order chi connectivity index (χ1) is 10.2. The number of carbonyl (C=O) groups is 1. The summed E-state index contributed by atoms with van der Waals surface area (Å²) >= 11 is 0. The summed E-state index contributed by atoms with van der Waals surface area (Å²) in [6, 6.07) is 18.6. The Morgan fingerprint density at radius 2 is 1.62 bits per heavy atom. The lowest BCUT2D eigenvalue weighted by Gasteiger charge is -2.17. The Kier molecular flexibility index (Phi) is 5.56. The van der Waals surface area contributed by atoms with Gasteiger partial charge in [-0.25, -0.2) is 0 Å². The van der Waals surface area contributed by atoms with Gasteiger partial charge in [0, 0.05) is 6.92 Å². The molecule has 0 N–H and O–H groups in total. The number of hydrogen-bond donors (Lipinski definition) is 0. The topological polar surface area (TPSA) is 26.3 Å². The van der Waals surface area contributed by atoms with Crippen LogP contribution in [-0.2, 0) is 9.53 Å². The summed E-state index contributed by atoms with van der Waals surface area (Å²) in [5.74, 6) is -0.219. The first-order valence-electron chi connectivity index (χ1n) is 7.53. The van der Waals surface area contributed by atoms with Crippen molar-refractivity contribution < 1.29 is 9.53 Å². The van der Waals surface area contributed by atoms with Crippen LogP contribution in [0.15, 0.2) is 54.6 Å². The van der Waals surface area contributed by atoms with Crippen LogP contribution in [0.5, 0.6) is 0 Å². The SMILES string of the molecule is CCCCC(OC(C)=O)c1ccc(-c2ccccc2)cc1. The number of rotatable bonds is 6. The summed E-state index contributed by atoms with van der Waals surface area (Å²) in [7, 11) is 0. The summed E-state index contributed by atoms with van der Waals surface area (Å²) in [6.45, 7) is 3.61. The van der Waals surface area contributed by atoms with Crippen molar-refractivity contribution in [3.05, 3.63) is 60.2 Å². The van der Waals surface area contributed by atoms with Crippen LogP contribution < -0.4 is 0 Å². The molecule has 2 aromatic rings. The van der Waals surface area contributed by atoms with E-state index in [-0.39, 0.29) is 12.1 Å². The molecule has 0 fully saturated rings. The van der Waals surface area contributed by atoms with Crippen LogP contribution in [0.2, 0.25) is 0 Å². The highest BCUT2D eigenvalue weighted by Gasteiger charge is 2.14. The van der Waals surface area contributed by atoms with Gasteiger partial charge in [0.25, 0.3) is 0 Å². The summed E-state index contributed by atoms with van der Waals surface area (Å²) in [6.07, 6.45) is 2.89. The molecule has 0 amide bonds. The molecule has 0 bridgehead atoms. The average Bonchev–Trinajstić information content (AvgIpc) is 2.52. The minimum Gasteiger partial charge on any atom is -0.458 e. The van der Waals surface area contributed by atoms with Gasteiger partial charge in [-0.3, -0.25) is 4.79 Å². The fraction of sp³-hybridized carbons (Fsp3) is 0.316. The van der Waals surface area contributed by atoms with Gasteiger partial charge in [0.1, 0.15) is 6.10 Å². The lowest BCUT2D eigenvalue weighted by molar-refractivity contribution is -0.147. The van der Waals surface area contributed by atoms with Crippen molar-refractivity contribution in [3.63, 3.8) is 0 Å². The van der Waals surface area contributed by atoms with Gasteiger partial charge < -0.3 is 4.74 Å². The molecule has 2 aromatic carbocycles. The predicted molar refractivity (Wildman–Crippen MR) is 85.9 cm³/mol. The van der Waals surface area contributed by atoms with E-state index < -0.39 is 0 Å². The highest BCUT2D eigenvalue weighted by molar-refractivity contribution is 5.66. The summed E-state index contributed by atoms with van der Waals surface area (Å²) < 4.78 is 5.45. The van der Waals surface area contributed by atoms with Gasteiger partial charge in [-0.15, -0.1) is 0 Å². The molecule has 0 spiro atoms. The molecule has 1 unspecified atom stereocenters. The van der Waals surface area contributed by atoms with Crippen LogP contribution >= 0.6 is 0 Å². The van der Waals surface area contributed by atoms with Crippen LogP contribution in [0, 0.1) is 0 Å². The molecular weight excluding hydrogens is 260 g/mol. The van der Waals surface area contributed by atoms with Crippen molar-refractivity contribution >= 4 is 5.97 Å². The maximum absolute atomic E-state index is 11.3. The zero-order chi connectivity index (χ0) is 15.1. The molecule has 2 heteroatoms. The van der Waals surface area contributed by atoms with E-state index in [1.807, 2.05) is 18.2 Å². The zero-order valence-corrected chi connectivity index (χ0v) is 12.7. The van der Waals surface area contributed by atoms with E-state index >= 15 is 0 Å². The Labute approximate surface area is 126 Å². The second-order valence-electron chi connectivity index (χ2n) is 5.23. The van der Waals surface area contributed by atoms with Gasteiger partial charge in [0.05, 0.1) is 0 Å². The highest BCUT2D eigenvalue weighted by Crippen LogP contribution is 2.27. The summed E-state index contributed by atoms with van der Waals surface area (Å²) in [5, 5.41) is 0. The van der Waals surface area contributed by atoms with Crippen LogP contribution in [0.25, 0.3) is 11.1 Å². The Bertz CT molecular complexity index is 558. The van der Waals surface area contributed by atoms with Crippen LogP contribution in [0.3, 0.4) is 0 Å². The molecule has 0 radical (unpaired) electrons. The molecule has 0 aliphatic rings. The molecule has 0 saturated carbocycles. The van der Waals surface area contributed by atoms with Gasteiger partial charge in [-0.05, 0) is 29.5 Å². The minimum atomic E-state index is -0.219. The Balaban J connectivity index is 2.16. The van der Waals surface area contributed by atoms with E-state index in [2.05, 4.69) is 43.3 Å². The number of benzene rings is 2. The van der Waals surface area contributed by atoms with Gasteiger partial charge in [0.2, 0.25) is 0 Å². The van der Waals surface area contributed by atoms with E-state index in [0.717, 1.165) is 24.8 Å². The van der Waals surface area contributed by atoms with Gasteiger partial charge >= 0.3 is 5.97 Å². The van der Waals surface area contributed by atoms with Crippen LogP contribution in [-0.4, -0.2) is 5.97 Å². The first kappa shape index (κ1) is 15.3. The number of unbranched alkanes of at least 4 members (excludes halogenated alkanes) is 1. The standard InChI is InChI=1S/C19H22O2/c1-3-4-10-19(21-15(2)20)18-13-11-17(12-14-18)16-8-6-5-7-9-16/h5-9,11-14,19H,3-4,10H2,1-2H3. The third-order valence-corrected chi connectivity index (χ3v) is 3.52. The Morgan fingerprint density at radius 3 is 2.19 bits per heavy atom. The number of esters is 1. The molecule has 0 aromatic heterocycles.